The molecule has 7 heteroatoms. The fraction of sp³-hybridized carbons (Fsp3) is 0.278. The Labute approximate surface area is 150 Å². The van der Waals surface area contributed by atoms with Crippen molar-refractivity contribution in [2.45, 2.75) is 26.7 Å². The smallest absolute Gasteiger partial charge is 0.311 e. The van der Waals surface area contributed by atoms with Gasteiger partial charge in [-0.1, -0.05) is 11.6 Å². The largest absolute Gasteiger partial charge is 0.494 e. The van der Waals surface area contributed by atoms with Crippen LogP contribution in [0.25, 0.3) is 0 Å². The number of carbonyl (C=O) groups excluding carboxylic acids is 1. The number of benzene rings is 2. The number of aryl methyl sites for hydroxylation is 2. The summed E-state index contributed by atoms with van der Waals surface area (Å²) in [5.41, 5.74) is 1.82. The highest BCUT2D eigenvalue weighted by molar-refractivity contribution is 6.32. The molecule has 0 radical (unpaired) electrons. The molecule has 2 aromatic carbocycles. The first-order chi connectivity index (χ1) is 11.9. The van der Waals surface area contributed by atoms with Gasteiger partial charge in [0, 0.05) is 23.6 Å². The first-order valence-electron chi connectivity index (χ1n) is 7.71. The predicted molar refractivity (Wildman–Crippen MR) is 94.4 cm³/mol. The molecular formula is C18H18ClNO5. The van der Waals surface area contributed by atoms with Crippen molar-refractivity contribution < 1.29 is 19.2 Å². The summed E-state index contributed by atoms with van der Waals surface area (Å²) in [5.74, 6) is 0.574. The second-order valence-electron chi connectivity index (χ2n) is 5.55. The van der Waals surface area contributed by atoms with Gasteiger partial charge in [0.05, 0.1) is 11.5 Å². The highest BCUT2D eigenvalue weighted by Crippen LogP contribution is 2.26. The summed E-state index contributed by atoms with van der Waals surface area (Å²) in [4.78, 5) is 21.8. The molecule has 0 saturated carbocycles. The van der Waals surface area contributed by atoms with Crippen LogP contribution in [0.4, 0.5) is 5.69 Å². The fourth-order valence-electron chi connectivity index (χ4n) is 2.21. The number of hydrogen-bond acceptors (Lipinski definition) is 5. The molecule has 6 nitrogen and oxygen atoms in total. The molecule has 0 aliphatic heterocycles. The fourth-order valence-corrected chi connectivity index (χ4v) is 2.32. The minimum atomic E-state index is -0.511. The molecule has 0 aliphatic rings. The lowest BCUT2D eigenvalue weighted by Gasteiger charge is -2.10. The summed E-state index contributed by atoms with van der Waals surface area (Å²) in [6.45, 7) is 4.18. The molecule has 0 aliphatic carbocycles. The SMILES string of the molecule is Cc1cc(OCCCC(=O)Oc2ccc([N+](=O)[O-])cc2)cc(C)c1Cl. The molecule has 0 spiro atoms. The van der Waals surface area contributed by atoms with Crippen molar-refractivity contribution in [2.24, 2.45) is 0 Å². The Hall–Kier alpha value is -2.60. The molecular weight excluding hydrogens is 346 g/mol. The third-order valence-electron chi connectivity index (χ3n) is 3.48. The number of halogens is 1. The summed E-state index contributed by atoms with van der Waals surface area (Å²) >= 11 is 6.10. The summed E-state index contributed by atoms with van der Waals surface area (Å²) in [6, 6.07) is 9.07. The summed E-state index contributed by atoms with van der Waals surface area (Å²) in [7, 11) is 0. The van der Waals surface area contributed by atoms with Crippen LogP contribution in [0, 0.1) is 24.0 Å². The van der Waals surface area contributed by atoms with Gasteiger partial charge in [0.2, 0.25) is 0 Å². The van der Waals surface area contributed by atoms with Crippen molar-refractivity contribution >= 4 is 23.3 Å². The standard InChI is InChI=1S/C18H18ClNO5/c1-12-10-16(11-13(2)18(12)19)24-9-3-4-17(21)25-15-7-5-14(6-8-15)20(22)23/h5-8,10-11H,3-4,9H2,1-2H3. The highest BCUT2D eigenvalue weighted by atomic mass is 35.5. The number of rotatable bonds is 7. The molecule has 2 aromatic rings. The van der Waals surface area contributed by atoms with Crippen molar-refractivity contribution in [3.8, 4) is 11.5 Å². The molecule has 0 atom stereocenters. The Balaban J connectivity index is 1.76. The van der Waals surface area contributed by atoms with Gasteiger partial charge in [0.1, 0.15) is 11.5 Å². The van der Waals surface area contributed by atoms with Crippen molar-refractivity contribution in [1.82, 2.24) is 0 Å². The zero-order valence-electron chi connectivity index (χ0n) is 14.0. The van der Waals surface area contributed by atoms with E-state index in [1.807, 2.05) is 26.0 Å². The number of nitrogens with zero attached hydrogens (tertiary/aromatic N) is 1. The van der Waals surface area contributed by atoms with E-state index in [2.05, 4.69) is 0 Å². The van der Waals surface area contributed by atoms with E-state index in [-0.39, 0.29) is 17.9 Å². The molecule has 25 heavy (non-hydrogen) atoms. The van der Waals surface area contributed by atoms with Gasteiger partial charge in [-0.3, -0.25) is 14.9 Å². The summed E-state index contributed by atoms with van der Waals surface area (Å²) < 4.78 is 10.7. The van der Waals surface area contributed by atoms with E-state index in [1.54, 1.807) is 0 Å². The zero-order valence-corrected chi connectivity index (χ0v) is 14.7. The average Bonchev–Trinajstić information content (AvgIpc) is 2.57. The normalized spacial score (nSPS) is 10.4. The zero-order chi connectivity index (χ0) is 18.4. The maximum absolute atomic E-state index is 11.8. The van der Waals surface area contributed by atoms with Gasteiger partial charge in [-0.25, -0.2) is 0 Å². The molecule has 132 valence electrons. The predicted octanol–water partition coefficient (Wildman–Crippen LogP) is 4.63. The van der Waals surface area contributed by atoms with E-state index >= 15 is 0 Å². The lowest BCUT2D eigenvalue weighted by Crippen LogP contribution is -2.10. The number of non-ortho nitro benzene ring substituents is 1. The third kappa shape index (κ3) is 5.46. The minimum absolute atomic E-state index is 0.0539. The Morgan fingerprint density at radius 2 is 1.72 bits per heavy atom. The maximum Gasteiger partial charge on any atom is 0.311 e. The van der Waals surface area contributed by atoms with Crippen LogP contribution in [0.1, 0.15) is 24.0 Å². The van der Waals surface area contributed by atoms with Gasteiger partial charge in [-0.15, -0.1) is 0 Å². The first-order valence-corrected chi connectivity index (χ1v) is 8.09. The van der Waals surface area contributed by atoms with Crippen LogP contribution in [-0.2, 0) is 4.79 Å². The molecule has 0 unspecified atom stereocenters. The summed E-state index contributed by atoms with van der Waals surface area (Å²) in [6.07, 6.45) is 0.676. The van der Waals surface area contributed by atoms with E-state index in [0.717, 1.165) is 16.1 Å². The van der Waals surface area contributed by atoms with Crippen molar-refractivity contribution in [3.05, 3.63) is 62.7 Å². The monoisotopic (exact) mass is 363 g/mol. The molecule has 0 saturated heterocycles. The molecule has 0 amide bonds. The Bertz CT molecular complexity index is 751. The van der Waals surface area contributed by atoms with Crippen LogP contribution < -0.4 is 9.47 Å². The third-order valence-corrected chi connectivity index (χ3v) is 4.08. The van der Waals surface area contributed by atoms with Gasteiger partial charge in [0.25, 0.3) is 5.69 Å². The molecule has 2 rings (SSSR count). The van der Waals surface area contributed by atoms with E-state index in [0.29, 0.717) is 18.8 Å². The molecule has 0 N–H and O–H groups in total. The number of nitro groups is 1. The van der Waals surface area contributed by atoms with Crippen LogP contribution in [-0.4, -0.2) is 17.5 Å². The van der Waals surface area contributed by atoms with E-state index in [1.165, 1.54) is 24.3 Å². The first kappa shape index (κ1) is 18.7. The number of carbonyl (C=O) groups is 1. The van der Waals surface area contributed by atoms with E-state index in [4.69, 9.17) is 21.1 Å². The second-order valence-corrected chi connectivity index (χ2v) is 5.93. The van der Waals surface area contributed by atoms with Gasteiger partial charge >= 0.3 is 5.97 Å². The van der Waals surface area contributed by atoms with Crippen molar-refractivity contribution in [3.63, 3.8) is 0 Å². The lowest BCUT2D eigenvalue weighted by molar-refractivity contribution is -0.384. The van der Waals surface area contributed by atoms with Crippen LogP contribution >= 0.6 is 11.6 Å². The van der Waals surface area contributed by atoms with E-state index < -0.39 is 10.9 Å². The Morgan fingerprint density at radius 1 is 1.12 bits per heavy atom. The number of nitro benzene ring substituents is 1. The lowest BCUT2D eigenvalue weighted by atomic mass is 10.1. The molecule has 0 fully saturated rings. The van der Waals surface area contributed by atoms with Crippen molar-refractivity contribution in [1.29, 1.82) is 0 Å². The maximum atomic E-state index is 11.8. The second kappa shape index (κ2) is 8.48. The van der Waals surface area contributed by atoms with Crippen LogP contribution in [0.3, 0.4) is 0 Å². The van der Waals surface area contributed by atoms with Gasteiger partial charge in [-0.2, -0.15) is 0 Å². The highest BCUT2D eigenvalue weighted by Gasteiger charge is 2.09. The summed E-state index contributed by atoms with van der Waals surface area (Å²) in [5, 5.41) is 11.3. The van der Waals surface area contributed by atoms with Crippen molar-refractivity contribution in [2.75, 3.05) is 6.61 Å². The topological polar surface area (TPSA) is 78.7 Å². The average molecular weight is 364 g/mol. The molecule has 0 heterocycles. The van der Waals surface area contributed by atoms with E-state index in [9.17, 15) is 14.9 Å². The van der Waals surface area contributed by atoms with Crippen LogP contribution in [0.15, 0.2) is 36.4 Å². The van der Waals surface area contributed by atoms with Gasteiger partial charge < -0.3 is 9.47 Å². The molecule has 0 bridgehead atoms. The van der Waals surface area contributed by atoms with Crippen LogP contribution in [0.5, 0.6) is 11.5 Å². The van der Waals surface area contributed by atoms with Gasteiger partial charge in [-0.05, 0) is 55.7 Å². The number of hydrogen-bond donors (Lipinski definition) is 0. The Kier molecular flexibility index (Phi) is 6.36. The van der Waals surface area contributed by atoms with Gasteiger partial charge in [0.15, 0.2) is 0 Å². The van der Waals surface area contributed by atoms with Crippen LogP contribution in [0.2, 0.25) is 5.02 Å². The number of ether oxygens (including phenoxy) is 2. The molecule has 0 aromatic heterocycles. The number of esters is 1. The quantitative estimate of drug-likeness (QED) is 0.235. The Morgan fingerprint density at radius 3 is 2.28 bits per heavy atom. The minimum Gasteiger partial charge on any atom is -0.494 e.